The predicted octanol–water partition coefficient (Wildman–Crippen LogP) is 2.58. The van der Waals surface area contributed by atoms with Crippen molar-refractivity contribution in [1.29, 1.82) is 0 Å². The molecule has 1 heterocycles. The van der Waals surface area contributed by atoms with Crippen LogP contribution in [0.3, 0.4) is 0 Å². The van der Waals surface area contributed by atoms with Crippen molar-refractivity contribution in [2.75, 3.05) is 13.2 Å². The summed E-state index contributed by atoms with van der Waals surface area (Å²) in [5.74, 6) is 0.740. The van der Waals surface area contributed by atoms with Gasteiger partial charge in [-0.1, -0.05) is 20.3 Å². The lowest BCUT2D eigenvalue weighted by atomic mass is 10.1. The monoisotopic (exact) mass is 199 g/mol. The number of nitrogens with one attached hydrogen (secondary N) is 1. The van der Waals surface area contributed by atoms with Crippen LogP contribution in [0, 0.1) is 5.92 Å². The normalized spacial score (nSPS) is 25.3. The second-order valence-corrected chi connectivity index (χ2v) is 4.92. The quantitative estimate of drug-likeness (QED) is 0.735. The Morgan fingerprint density at radius 3 is 2.64 bits per heavy atom. The first kappa shape index (κ1) is 12.0. The molecule has 1 fully saturated rings. The molecule has 2 nitrogen and oxygen atoms in total. The predicted molar refractivity (Wildman–Crippen MR) is 60.5 cm³/mol. The minimum Gasteiger partial charge on any atom is -0.377 e. The van der Waals surface area contributed by atoms with E-state index in [-0.39, 0.29) is 0 Å². The van der Waals surface area contributed by atoms with Gasteiger partial charge in [0.2, 0.25) is 0 Å². The van der Waals surface area contributed by atoms with Gasteiger partial charge in [0.05, 0.1) is 12.7 Å². The summed E-state index contributed by atoms with van der Waals surface area (Å²) in [5, 5.41) is 3.50. The van der Waals surface area contributed by atoms with E-state index < -0.39 is 0 Å². The molecule has 0 saturated carbocycles. The van der Waals surface area contributed by atoms with Crippen molar-refractivity contribution in [1.82, 2.24) is 5.32 Å². The van der Waals surface area contributed by atoms with Crippen molar-refractivity contribution in [2.24, 2.45) is 5.92 Å². The highest BCUT2D eigenvalue weighted by Gasteiger charge is 2.14. The molecule has 1 N–H and O–H groups in total. The van der Waals surface area contributed by atoms with E-state index in [1.54, 1.807) is 0 Å². The Kier molecular flexibility index (Phi) is 5.49. The van der Waals surface area contributed by atoms with Gasteiger partial charge in [0, 0.05) is 6.04 Å². The molecule has 0 radical (unpaired) electrons. The summed E-state index contributed by atoms with van der Waals surface area (Å²) in [5.41, 5.74) is 0. The molecule has 1 aliphatic heterocycles. The van der Waals surface area contributed by atoms with Gasteiger partial charge >= 0.3 is 0 Å². The third-order valence-corrected chi connectivity index (χ3v) is 2.80. The van der Waals surface area contributed by atoms with Gasteiger partial charge in [-0.3, -0.25) is 0 Å². The van der Waals surface area contributed by atoms with Gasteiger partial charge in [-0.05, 0) is 38.6 Å². The summed E-state index contributed by atoms with van der Waals surface area (Å²) in [7, 11) is 0. The SMILES string of the molecule is CC(C)CC(C)OCC1CCCCN1. The Hall–Kier alpha value is -0.0800. The zero-order chi connectivity index (χ0) is 10.4. The summed E-state index contributed by atoms with van der Waals surface area (Å²) in [6.07, 6.45) is 5.57. The average molecular weight is 199 g/mol. The van der Waals surface area contributed by atoms with Gasteiger partial charge < -0.3 is 10.1 Å². The molecule has 0 aromatic heterocycles. The zero-order valence-corrected chi connectivity index (χ0v) is 9.88. The number of rotatable bonds is 5. The van der Waals surface area contributed by atoms with Gasteiger partial charge in [-0.15, -0.1) is 0 Å². The van der Waals surface area contributed by atoms with Gasteiger partial charge in [-0.25, -0.2) is 0 Å². The molecule has 0 aromatic carbocycles. The van der Waals surface area contributed by atoms with Gasteiger partial charge in [0.25, 0.3) is 0 Å². The van der Waals surface area contributed by atoms with E-state index in [2.05, 4.69) is 26.1 Å². The van der Waals surface area contributed by atoms with E-state index in [1.807, 2.05) is 0 Å². The highest BCUT2D eigenvalue weighted by Crippen LogP contribution is 2.11. The Morgan fingerprint density at radius 2 is 2.07 bits per heavy atom. The average Bonchev–Trinajstić information content (AvgIpc) is 2.15. The molecule has 14 heavy (non-hydrogen) atoms. The van der Waals surface area contributed by atoms with E-state index in [1.165, 1.54) is 32.2 Å². The lowest BCUT2D eigenvalue weighted by molar-refractivity contribution is 0.0329. The molecule has 0 spiro atoms. The Labute approximate surface area is 88.4 Å². The molecular weight excluding hydrogens is 174 g/mol. The second-order valence-electron chi connectivity index (χ2n) is 4.92. The highest BCUT2D eigenvalue weighted by molar-refractivity contribution is 4.71. The third-order valence-electron chi connectivity index (χ3n) is 2.80. The fraction of sp³-hybridized carbons (Fsp3) is 1.00. The maximum Gasteiger partial charge on any atom is 0.0623 e. The molecule has 0 aliphatic carbocycles. The molecule has 2 atom stereocenters. The Balaban J connectivity index is 2.06. The van der Waals surface area contributed by atoms with E-state index in [4.69, 9.17) is 4.74 Å². The molecule has 84 valence electrons. The van der Waals surface area contributed by atoms with Crippen LogP contribution in [0.1, 0.15) is 46.5 Å². The number of hydrogen-bond acceptors (Lipinski definition) is 2. The van der Waals surface area contributed by atoms with Crippen LogP contribution in [0.25, 0.3) is 0 Å². The first-order valence-corrected chi connectivity index (χ1v) is 6.03. The van der Waals surface area contributed by atoms with Crippen LogP contribution >= 0.6 is 0 Å². The summed E-state index contributed by atoms with van der Waals surface area (Å²) in [4.78, 5) is 0. The van der Waals surface area contributed by atoms with E-state index in [0.717, 1.165) is 12.5 Å². The molecule has 2 unspecified atom stereocenters. The van der Waals surface area contributed by atoms with Crippen molar-refractivity contribution < 1.29 is 4.74 Å². The second kappa shape index (κ2) is 6.41. The molecular formula is C12H25NO. The Morgan fingerprint density at radius 1 is 1.29 bits per heavy atom. The number of hydrogen-bond donors (Lipinski definition) is 1. The first-order chi connectivity index (χ1) is 6.68. The lowest BCUT2D eigenvalue weighted by Crippen LogP contribution is -2.38. The summed E-state index contributed by atoms with van der Waals surface area (Å²) in [6, 6.07) is 0.610. The number of piperidine rings is 1. The third kappa shape index (κ3) is 4.97. The van der Waals surface area contributed by atoms with Crippen molar-refractivity contribution in [3.63, 3.8) is 0 Å². The minimum atomic E-state index is 0.415. The van der Waals surface area contributed by atoms with Gasteiger partial charge in [-0.2, -0.15) is 0 Å². The summed E-state index contributed by atoms with van der Waals surface area (Å²) >= 11 is 0. The fourth-order valence-corrected chi connectivity index (χ4v) is 2.08. The van der Waals surface area contributed by atoms with Gasteiger partial charge in [0.15, 0.2) is 0 Å². The molecule has 0 amide bonds. The zero-order valence-electron chi connectivity index (χ0n) is 9.88. The van der Waals surface area contributed by atoms with Crippen LogP contribution in [-0.2, 0) is 4.74 Å². The van der Waals surface area contributed by atoms with Gasteiger partial charge in [0.1, 0.15) is 0 Å². The summed E-state index contributed by atoms with van der Waals surface area (Å²) in [6.45, 7) is 8.75. The molecule has 2 heteroatoms. The highest BCUT2D eigenvalue weighted by atomic mass is 16.5. The number of ether oxygens (including phenoxy) is 1. The van der Waals surface area contributed by atoms with Crippen LogP contribution in [0.15, 0.2) is 0 Å². The van der Waals surface area contributed by atoms with Crippen LogP contribution in [0.2, 0.25) is 0 Å². The van der Waals surface area contributed by atoms with Crippen LogP contribution in [0.4, 0.5) is 0 Å². The van der Waals surface area contributed by atoms with Crippen LogP contribution < -0.4 is 5.32 Å². The largest absolute Gasteiger partial charge is 0.377 e. The molecule has 1 rings (SSSR count). The standard InChI is InChI=1S/C12H25NO/c1-10(2)8-11(3)14-9-12-6-4-5-7-13-12/h10-13H,4-9H2,1-3H3. The maximum absolute atomic E-state index is 5.83. The van der Waals surface area contributed by atoms with Crippen LogP contribution in [-0.4, -0.2) is 25.3 Å². The van der Waals surface area contributed by atoms with Crippen LogP contribution in [0.5, 0.6) is 0 Å². The fourth-order valence-electron chi connectivity index (χ4n) is 2.08. The van der Waals surface area contributed by atoms with E-state index in [9.17, 15) is 0 Å². The van der Waals surface area contributed by atoms with Crippen molar-refractivity contribution in [3.05, 3.63) is 0 Å². The smallest absolute Gasteiger partial charge is 0.0623 e. The topological polar surface area (TPSA) is 21.3 Å². The molecule has 0 bridgehead atoms. The molecule has 1 saturated heterocycles. The van der Waals surface area contributed by atoms with Crippen molar-refractivity contribution >= 4 is 0 Å². The maximum atomic E-state index is 5.83. The summed E-state index contributed by atoms with van der Waals surface area (Å²) < 4.78 is 5.83. The Bertz CT molecular complexity index is 141. The minimum absolute atomic E-state index is 0.415. The van der Waals surface area contributed by atoms with Crippen molar-refractivity contribution in [3.8, 4) is 0 Å². The lowest BCUT2D eigenvalue weighted by Gasteiger charge is -2.25. The van der Waals surface area contributed by atoms with Crippen molar-refractivity contribution in [2.45, 2.75) is 58.6 Å². The molecule has 1 aliphatic rings. The first-order valence-electron chi connectivity index (χ1n) is 6.03. The van der Waals surface area contributed by atoms with E-state index >= 15 is 0 Å². The molecule has 0 aromatic rings. The van der Waals surface area contributed by atoms with E-state index in [0.29, 0.717) is 12.1 Å².